The number of imide groups is 1. The number of amides is 2. The Morgan fingerprint density at radius 3 is 1.33 bits per heavy atom. The lowest BCUT2D eigenvalue weighted by atomic mass is 9.83. The quantitative estimate of drug-likeness (QED) is 0.102. The van der Waals surface area contributed by atoms with Crippen LogP contribution in [0.3, 0.4) is 0 Å². The van der Waals surface area contributed by atoms with E-state index in [-0.39, 0.29) is 11.8 Å². The maximum Gasteiger partial charge on any atom is 0.266 e. The number of carbonyl (C=O) groups excluding carboxylic acids is 2. The van der Waals surface area contributed by atoms with Crippen LogP contribution in [0.25, 0.3) is 43.1 Å². The van der Waals surface area contributed by atoms with E-state index in [1.54, 1.807) is 12.1 Å². The summed E-state index contributed by atoms with van der Waals surface area (Å²) in [4.78, 5) is 30.4. The SMILES string of the molecule is CC(C)c1cccc(C(C)C)c1N1C(=O)c2cc(Cl)c3c4c(Cl)cc(Br)c5c(Br)cc(Cl)c(c6c(Cl)cc(c2c36)C1=O)c54. The Morgan fingerprint density at radius 1 is 0.558 bits per heavy atom. The van der Waals surface area contributed by atoms with Gasteiger partial charge in [0.1, 0.15) is 0 Å². The molecular formula is C34H21Br2Cl4NO2. The van der Waals surface area contributed by atoms with Crippen molar-refractivity contribution in [3.8, 4) is 0 Å². The van der Waals surface area contributed by atoms with E-state index in [1.165, 1.54) is 4.90 Å². The van der Waals surface area contributed by atoms with E-state index in [0.29, 0.717) is 69.2 Å². The number of fused-ring (bicyclic) bond motifs is 2. The number of hydrogen-bond acceptors (Lipinski definition) is 2. The summed E-state index contributed by atoms with van der Waals surface area (Å²) in [7, 11) is 0. The molecule has 43 heavy (non-hydrogen) atoms. The fourth-order valence-electron chi connectivity index (χ4n) is 6.67. The average molecular weight is 777 g/mol. The third-order valence-corrected chi connectivity index (χ3v) is 10.9. The van der Waals surface area contributed by atoms with Crippen LogP contribution in [0.4, 0.5) is 5.69 Å². The molecule has 1 heterocycles. The van der Waals surface area contributed by atoms with Gasteiger partial charge in [0.2, 0.25) is 0 Å². The number of para-hydroxylation sites is 1. The van der Waals surface area contributed by atoms with Crippen molar-refractivity contribution in [2.24, 2.45) is 0 Å². The number of anilines is 1. The van der Waals surface area contributed by atoms with Crippen LogP contribution in [0.15, 0.2) is 51.4 Å². The van der Waals surface area contributed by atoms with Gasteiger partial charge in [0.15, 0.2) is 0 Å². The fourth-order valence-corrected chi connectivity index (χ4v) is 9.67. The first-order valence-electron chi connectivity index (χ1n) is 13.7. The molecule has 1 aliphatic heterocycles. The molecule has 6 aromatic carbocycles. The van der Waals surface area contributed by atoms with E-state index in [0.717, 1.165) is 30.8 Å². The molecule has 0 bridgehead atoms. The van der Waals surface area contributed by atoms with E-state index in [2.05, 4.69) is 59.6 Å². The van der Waals surface area contributed by atoms with Crippen LogP contribution in [-0.2, 0) is 0 Å². The number of nitrogens with zero attached hydrogens (tertiary/aromatic N) is 1. The van der Waals surface area contributed by atoms with Gasteiger partial charge in [0.05, 0.1) is 26.9 Å². The second-order valence-corrected chi connectivity index (χ2v) is 14.9. The van der Waals surface area contributed by atoms with Gasteiger partial charge >= 0.3 is 0 Å². The lowest BCUT2D eigenvalue weighted by molar-refractivity contribution is 0.0893. The maximum atomic E-state index is 14.5. The molecule has 0 N–H and O–H groups in total. The summed E-state index contributed by atoms with van der Waals surface area (Å²) >= 11 is 35.4. The molecule has 6 aromatic rings. The molecule has 9 heteroatoms. The van der Waals surface area contributed by atoms with Gasteiger partial charge in [-0.3, -0.25) is 9.59 Å². The minimum absolute atomic E-state index is 0.0677. The third kappa shape index (κ3) is 3.98. The smallest absolute Gasteiger partial charge is 0.266 e. The van der Waals surface area contributed by atoms with Crippen LogP contribution < -0.4 is 4.90 Å². The highest BCUT2D eigenvalue weighted by Crippen LogP contribution is 2.54. The number of rotatable bonds is 3. The summed E-state index contributed by atoms with van der Waals surface area (Å²) < 4.78 is 1.54. The molecular weight excluding hydrogens is 756 g/mol. The number of carbonyl (C=O) groups is 2. The van der Waals surface area contributed by atoms with Crippen LogP contribution in [0, 0.1) is 0 Å². The van der Waals surface area contributed by atoms with Crippen molar-refractivity contribution >= 4 is 139 Å². The third-order valence-electron chi connectivity index (χ3n) is 8.45. The monoisotopic (exact) mass is 773 g/mol. The molecule has 0 aliphatic carbocycles. The summed E-state index contributed by atoms with van der Waals surface area (Å²) in [5.74, 6) is -0.737. The summed E-state index contributed by atoms with van der Waals surface area (Å²) in [6, 6.07) is 12.9. The topological polar surface area (TPSA) is 37.4 Å². The Labute approximate surface area is 284 Å². The zero-order valence-electron chi connectivity index (χ0n) is 23.2. The van der Waals surface area contributed by atoms with Crippen LogP contribution in [0.1, 0.15) is 71.4 Å². The van der Waals surface area contributed by atoms with E-state index < -0.39 is 11.8 Å². The van der Waals surface area contributed by atoms with Crippen molar-refractivity contribution in [2.45, 2.75) is 39.5 Å². The maximum absolute atomic E-state index is 14.5. The summed E-state index contributed by atoms with van der Waals surface area (Å²) in [5.41, 5.74) is 3.09. The second-order valence-electron chi connectivity index (χ2n) is 11.5. The van der Waals surface area contributed by atoms with Gasteiger partial charge in [-0.1, -0.05) is 124 Å². The van der Waals surface area contributed by atoms with Crippen molar-refractivity contribution in [1.29, 1.82) is 0 Å². The predicted octanol–water partition coefficient (Wildman–Crippen LogP) is 12.9. The standard InChI is InChI=1S/C34H21Br2Cl4NO2/c1-12(2)14-6-5-7-15(13(3)4)32(14)41-33(42)16-8-20(37)26-28-22(39)10-18(35)25-19(36)11-23(40)29(31(25)28)27-21(38)9-17(34(41)43)24(16)30(26)27/h5-13H,1-4H3. The van der Waals surface area contributed by atoms with Gasteiger partial charge < -0.3 is 0 Å². The molecule has 0 unspecified atom stereocenters. The number of benzene rings is 6. The molecule has 0 fully saturated rings. The van der Waals surface area contributed by atoms with Crippen LogP contribution in [0.2, 0.25) is 20.1 Å². The summed E-state index contributed by atoms with van der Waals surface area (Å²) in [6.45, 7) is 8.21. The molecule has 216 valence electrons. The molecule has 0 spiro atoms. The van der Waals surface area contributed by atoms with Crippen molar-refractivity contribution in [2.75, 3.05) is 4.90 Å². The van der Waals surface area contributed by atoms with E-state index in [9.17, 15) is 9.59 Å². The first-order valence-corrected chi connectivity index (χ1v) is 16.8. The first kappa shape index (κ1) is 29.6. The predicted molar refractivity (Wildman–Crippen MR) is 189 cm³/mol. The van der Waals surface area contributed by atoms with Crippen LogP contribution in [0.5, 0.6) is 0 Å². The Balaban J connectivity index is 1.69. The normalized spacial score (nSPS) is 13.8. The Kier molecular flexibility index (Phi) is 7.02. The largest absolute Gasteiger partial charge is 0.268 e. The second kappa shape index (κ2) is 10.2. The molecule has 0 aromatic heterocycles. The zero-order valence-corrected chi connectivity index (χ0v) is 29.4. The molecule has 0 saturated heterocycles. The molecule has 0 atom stereocenters. The Bertz CT molecular complexity index is 2120. The van der Waals surface area contributed by atoms with E-state index in [4.69, 9.17) is 46.4 Å². The molecule has 7 rings (SSSR count). The van der Waals surface area contributed by atoms with E-state index in [1.807, 2.05) is 30.3 Å². The average Bonchev–Trinajstić information content (AvgIpc) is 2.93. The van der Waals surface area contributed by atoms with Gasteiger partial charge in [0.25, 0.3) is 11.8 Å². The fraction of sp³-hybridized carbons (Fsp3) is 0.176. The van der Waals surface area contributed by atoms with Gasteiger partial charge in [-0.25, -0.2) is 4.90 Å². The molecule has 2 amide bonds. The number of hydrogen-bond donors (Lipinski definition) is 0. The number of halogens is 6. The highest BCUT2D eigenvalue weighted by molar-refractivity contribution is 9.11. The van der Waals surface area contributed by atoms with Crippen molar-refractivity contribution in [1.82, 2.24) is 0 Å². The van der Waals surface area contributed by atoms with Crippen molar-refractivity contribution in [3.05, 3.63) is 93.8 Å². The summed E-state index contributed by atoms with van der Waals surface area (Å²) in [5, 5.41) is 6.84. The van der Waals surface area contributed by atoms with Gasteiger partial charge in [0, 0.05) is 62.1 Å². The Morgan fingerprint density at radius 2 is 0.930 bits per heavy atom. The highest BCUT2D eigenvalue weighted by Gasteiger charge is 2.39. The molecule has 0 radical (unpaired) electrons. The molecule has 1 aliphatic rings. The van der Waals surface area contributed by atoms with E-state index >= 15 is 0 Å². The van der Waals surface area contributed by atoms with Gasteiger partial charge in [-0.2, -0.15) is 0 Å². The van der Waals surface area contributed by atoms with Gasteiger partial charge in [-0.15, -0.1) is 0 Å². The lowest BCUT2D eigenvalue weighted by Gasteiger charge is -2.33. The lowest BCUT2D eigenvalue weighted by Crippen LogP contribution is -2.42. The van der Waals surface area contributed by atoms with Crippen LogP contribution >= 0.6 is 78.3 Å². The van der Waals surface area contributed by atoms with Crippen molar-refractivity contribution < 1.29 is 9.59 Å². The zero-order chi connectivity index (χ0) is 30.8. The highest BCUT2D eigenvalue weighted by atomic mass is 79.9. The first-order chi connectivity index (χ1) is 20.3. The minimum atomic E-state index is -0.436. The molecule has 0 saturated carbocycles. The van der Waals surface area contributed by atoms with Crippen LogP contribution in [-0.4, -0.2) is 11.8 Å². The summed E-state index contributed by atoms with van der Waals surface area (Å²) in [6.07, 6.45) is 0. The van der Waals surface area contributed by atoms with Gasteiger partial charge in [-0.05, 0) is 47.2 Å². The van der Waals surface area contributed by atoms with Crippen molar-refractivity contribution in [3.63, 3.8) is 0 Å². The Hall–Kier alpha value is -2.12. The minimum Gasteiger partial charge on any atom is -0.268 e. The molecule has 3 nitrogen and oxygen atoms in total.